The minimum absolute atomic E-state index is 0.0728. The third-order valence-electron chi connectivity index (χ3n) is 4.85. The van der Waals surface area contributed by atoms with Gasteiger partial charge in [0.15, 0.2) is 0 Å². The van der Waals surface area contributed by atoms with Crippen molar-refractivity contribution >= 4 is 28.9 Å². The highest BCUT2D eigenvalue weighted by Gasteiger charge is 2.23. The first-order valence-electron chi connectivity index (χ1n) is 10.0. The average molecular weight is 411 g/mol. The van der Waals surface area contributed by atoms with Crippen LogP contribution in [0.1, 0.15) is 53.8 Å². The molecule has 8 heteroatoms. The number of ether oxygens (including phenoxy) is 1. The lowest BCUT2D eigenvalue weighted by molar-refractivity contribution is -0.384. The van der Waals surface area contributed by atoms with Gasteiger partial charge in [0, 0.05) is 30.4 Å². The number of nitrogens with zero attached hydrogens (tertiary/aromatic N) is 2. The van der Waals surface area contributed by atoms with E-state index in [4.69, 9.17) is 4.74 Å². The van der Waals surface area contributed by atoms with Gasteiger partial charge in [-0.1, -0.05) is 0 Å². The van der Waals surface area contributed by atoms with Crippen LogP contribution in [0.15, 0.2) is 42.5 Å². The van der Waals surface area contributed by atoms with Crippen LogP contribution < -0.4 is 10.2 Å². The number of carbonyl (C=O) groups excluding carboxylic acids is 2. The van der Waals surface area contributed by atoms with Crippen LogP contribution in [0.5, 0.6) is 0 Å². The smallest absolute Gasteiger partial charge is 0.338 e. The van der Waals surface area contributed by atoms with Crippen LogP contribution >= 0.6 is 0 Å². The summed E-state index contributed by atoms with van der Waals surface area (Å²) in [5.41, 5.74) is 1.53. The highest BCUT2D eigenvalue weighted by molar-refractivity contribution is 6.05. The SMILES string of the molecule is CC(C)OC(=O)c1ccc(NC(=O)c2ccc(N3CCCCC3)c([N+](=O)[O-])c2)cc1. The summed E-state index contributed by atoms with van der Waals surface area (Å²) in [4.78, 5) is 37.6. The number of hydrogen-bond donors (Lipinski definition) is 1. The largest absolute Gasteiger partial charge is 0.459 e. The number of nitro groups is 1. The second kappa shape index (κ2) is 9.39. The van der Waals surface area contributed by atoms with E-state index in [1.165, 1.54) is 6.07 Å². The van der Waals surface area contributed by atoms with Gasteiger partial charge in [0.1, 0.15) is 5.69 Å². The number of nitrogens with one attached hydrogen (secondary N) is 1. The second-order valence-electron chi connectivity index (χ2n) is 7.49. The van der Waals surface area contributed by atoms with Crippen molar-refractivity contribution in [3.63, 3.8) is 0 Å². The number of amides is 1. The zero-order valence-electron chi connectivity index (χ0n) is 17.1. The van der Waals surface area contributed by atoms with Crippen molar-refractivity contribution in [3.05, 3.63) is 63.7 Å². The van der Waals surface area contributed by atoms with Gasteiger partial charge in [-0.25, -0.2) is 4.79 Å². The molecule has 158 valence electrons. The molecule has 0 bridgehead atoms. The van der Waals surface area contributed by atoms with Crippen molar-refractivity contribution in [1.82, 2.24) is 0 Å². The van der Waals surface area contributed by atoms with Crippen LogP contribution in [-0.2, 0) is 4.74 Å². The molecule has 1 saturated heterocycles. The van der Waals surface area contributed by atoms with Gasteiger partial charge in [0.2, 0.25) is 0 Å². The van der Waals surface area contributed by atoms with E-state index >= 15 is 0 Å². The van der Waals surface area contributed by atoms with Gasteiger partial charge in [-0.2, -0.15) is 0 Å². The third kappa shape index (κ3) is 5.14. The maximum Gasteiger partial charge on any atom is 0.338 e. The minimum Gasteiger partial charge on any atom is -0.459 e. The van der Waals surface area contributed by atoms with Gasteiger partial charge < -0.3 is 15.0 Å². The molecule has 8 nitrogen and oxygen atoms in total. The summed E-state index contributed by atoms with van der Waals surface area (Å²) in [7, 11) is 0. The summed E-state index contributed by atoms with van der Waals surface area (Å²) in [6.07, 6.45) is 2.90. The highest BCUT2D eigenvalue weighted by atomic mass is 16.6. The summed E-state index contributed by atoms with van der Waals surface area (Å²) < 4.78 is 5.13. The lowest BCUT2D eigenvalue weighted by atomic mass is 10.1. The van der Waals surface area contributed by atoms with E-state index in [1.807, 2.05) is 4.90 Å². The number of carbonyl (C=O) groups is 2. The molecule has 0 unspecified atom stereocenters. The Kier molecular flexibility index (Phi) is 6.66. The van der Waals surface area contributed by atoms with E-state index in [9.17, 15) is 19.7 Å². The van der Waals surface area contributed by atoms with E-state index in [1.54, 1.807) is 50.2 Å². The molecule has 0 atom stereocenters. The number of rotatable bonds is 6. The van der Waals surface area contributed by atoms with Crippen molar-refractivity contribution in [2.45, 2.75) is 39.2 Å². The topological polar surface area (TPSA) is 102 Å². The van der Waals surface area contributed by atoms with Crippen molar-refractivity contribution in [1.29, 1.82) is 0 Å². The van der Waals surface area contributed by atoms with Crippen molar-refractivity contribution in [2.24, 2.45) is 0 Å². The molecule has 1 heterocycles. The Labute approximate surface area is 175 Å². The van der Waals surface area contributed by atoms with Crippen molar-refractivity contribution < 1.29 is 19.2 Å². The molecule has 2 aromatic carbocycles. The number of nitro benzene ring substituents is 1. The van der Waals surface area contributed by atoms with E-state index in [2.05, 4.69) is 5.32 Å². The van der Waals surface area contributed by atoms with Gasteiger partial charge in [-0.15, -0.1) is 0 Å². The Morgan fingerprint density at radius 3 is 2.27 bits per heavy atom. The van der Waals surface area contributed by atoms with Crippen LogP contribution in [0.3, 0.4) is 0 Å². The van der Waals surface area contributed by atoms with Crippen LogP contribution in [0.4, 0.5) is 17.1 Å². The molecule has 0 radical (unpaired) electrons. The number of hydrogen-bond acceptors (Lipinski definition) is 6. The first-order valence-corrected chi connectivity index (χ1v) is 10.0. The number of esters is 1. The van der Waals surface area contributed by atoms with Gasteiger partial charge >= 0.3 is 5.97 Å². The second-order valence-corrected chi connectivity index (χ2v) is 7.49. The van der Waals surface area contributed by atoms with Gasteiger partial charge in [0.25, 0.3) is 11.6 Å². The van der Waals surface area contributed by atoms with E-state index in [0.29, 0.717) is 16.9 Å². The molecule has 1 amide bonds. The van der Waals surface area contributed by atoms with Gasteiger partial charge in [0.05, 0.1) is 16.6 Å². The molecule has 3 rings (SSSR count). The quantitative estimate of drug-likeness (QED) is 0.429. The Morgan fingerprint density at radius 1 is 1.03 bits per heavy atom. The number of benzene rings is 2. The zero-order valence-corrected chi connectivity index (χ0v) is 17.1. The fourth-order valence-electron chi connectivity index (χ4n) is 3.39. The van der Waals surface area contributed by atoms with Crippen LogP contribution in [-0.4, -0.2) is 36.0 Å². The number of piperidine rings is 1. The third-order valence-corrected chi connectivity index (χ3v) is 4.85. The average Bonchev–Trinajstić information content (AvgIpc) is 2.74. The van der Waals surface area contributed by atoms with Gasteiger partial charge in [-0.3, -0.25) is 14.9 Å². The molecular formula is C22H25N3O5. The van der Waals surface area contributed by atoms with Crippen molar-refractivity contribution in [2.75, 3.05) is 23.3 Å². The van der Waals surface area contributed by atoms with Crippen LogP contribution in [0.25, 0.3) is 0 Å². The van der Waals surface area contributed by atoms with E-state index < -0.39 is 16.8 Å². The molecule has 30 heavy (non-hydrogen) atoms. The predicted octanol–water partition coefficient (Wildman–Crippen LogP) is 4.40. The Hall–Kier alpha value is -3.42. The Balaban J connectivity index is 1.74. The summed E-state index contributed by atoms with van der Waals surface area (Å²) in [6, 6.07) is 10.8. The Bertz CT molecular complexity index is 934. The number of anilines is 2. The Morgan fingerprint density at radius 2 is 1.67 bits per heavy atom. The molecule has 0 spiro atoms. The molecule has 1 aliphatic heterocycles. The molecule has 0 aliphatic carbocycles. The summed E-state index contributed by atoms with van der Waals surface area (Å²) >= 11 is 0. The lowest BCUT2D eigenvalue weighted by Gasteiger charge is -2.28. The van der Waals surface area contributed by atoms with E-state index in [0.717, 1.165) is 32.4 Å². The maximum absolute atomic E-state index is 12.6. The molecule has 0 aromatic heterocycles. The summed E-state index contributed by atoms with van der Waals surface area (Å²) in [5, 5.41) is 14.3. The first kappa shape index (κ1) is 21.3. The van der Waals surface area contributed by atoms with E-state index in [-0.39, 0.29) is 17.4 Å². The molecule has 1 fully saturated rings. The van der Waals surface area contributed by atoms with Crippen molar-refractivity contribution in [3.8, 4) is 0 Å². The lowest BCUT2D eigenvalue weighted by Crippen LogP contribution is -2.30. The predicted molar refractivity (Wildman–Crippen MR) is 114 cm³/mol. The zero-order chi connectivity index (χ0) is 21.7. The van der Waals surface area contributed by atoms with Crippen LogP contribution in [0, 0.1) is 10.1 Å². The molecule has 2 aromatic rings. The van der Waals surface area contributed by atoms with Crippen LogP contribution in [0.2, 0.25) is 0 Å². The molecule has 1 N–H and O–H groups in total. The molecule has 0 saturated carbocycles. The summed E-state index contributed by atoms with van der Waals surface area (Å²) in [5.74, 6) is -0.896. The maximum atomic E-state index is 12.6. The standard InChI is InChI=1S/C22H25N3O5/c1-15(2)30-22(27)16-6-9-18(10-7-16)23-21(26)17-8-11-19(20(14-17)25(28)29)24-12-4-3-5-13-24/h6-11,14-15H,3-5,12-13H2,1-2H3,(H,23,26). The van der Waals surface area contributed by atoms with Gasteiger partial charge in [-0.05, 0) is 69.5 Å². The fourth-order valence-corrected chi connectivity index (χ4v) is 3.39. The monoisotopic (exact) mass is 411 g/mol. The molecule has 1 aliphatic rings. The minimum atomic E-state index is -0.458. The molecular weight excluding hydrogens is 386 g/mol. The first-order chi connectivity index (χ1) is 14.3. The highest BCUT2D eigenvalue weighted by Crippen LogP contribution is 2.31. The summed E-state index contributed by atoms with van der Waals surface area (Å²) in [6.45, 7) is 5.08. The normalized spacial score (nSPS) is 13.8. The fraction of sp³-hybridized carbons (Fsp3) is 0.364.